The van der Waals surface area contributed by atoms with Crippen molar-refractivity contribution in [3.8, 4) is 22.8 Å². The quantitative estimate of drug-likeness (QED) is 0.381. The number of aromatic amines is 2. The summed E-state index contributed by atoms with van der Waals surface area (Å²) in [6, 6.07) is 9.97. The molecule has 3 heterocycles. The second-order valence-electron chi connectivity index (χ2n) is 7.44. The van der Waals surface area contributed by atoms with Gasteiger partial charge in [-0.05, 0) is 48.9 Å². The van der Waals surface area contributed by atoms with Crippen molar-refractivity contribution >= 4 is 21.9 Å². The summed E-state index contributed by atoms with van der Waals surface area (Å²) in [5.74, 6) is -1.00. The fourth-order valence-electron chi connectivity index (χ4n) is 3.81. The molecule has 31 heavy (non-hydrogen) atoms. The van der Waals surface area contributed by atoms with E-state index in [4.69, 9.17) is 0 Å². The van der Waals surface area contributed by atoms with Crippen LogP contribution in [0.4, 0.5) is 8.78 Å². The van der Waals surface area contributed by atoms with Crippen LogP contribution in [-0.4, -0.2) is 31.7 Å². The molecule has 0 bridgehead atoms. The molecule has 0 amide bonds. The number of nitrogens with zero attached hydrogens (tertiary/aromatic N) is 3. The third-order valence-corrected chi connectivity index (χ3v) is 5.41. The lowest BCUT2D eigenvalue weighted by atomic mass is 10.00. The van der Waals surface area contributed by atoms with Crippen LogP contribution in [-0.2, 0) is 6.54 Å². The fraction of sp³-hybridized carbons (Fsp3) is 0.174. The summed E-state index contributed by atoms with van der Waals surface area (Å²) in [4.78, 5) is 11.9. The number of pyridine rings is 1. The van der Waals surface area contributed by atoms with E-state index in [-0.39, 0.29) is 11.0 Å². The highest BCUT2D eigenvalue weighted by molar-refractivity contribution is 5.95. The van der Waals surface area contributed by atoms with E-state index in [2.05, 4.69) is 44.3 Å². The van der Waals surface area contributed by atoms with Gasteiger partial charge < -0.3 is 10.3 Å². The van der Waals surface area contributed by atoms with E-state index in [0.717, 1.165) is 52.4 Å². The minimum atomic E-state index is -0.713. The van der Waals surface area contributed by atoms with E-state index >= 15 is 0 Å². The molecule has 0 radical (unpaired) electrons. The molecule has 5 rings (SSSR count). The van der Waals surface area contributed by atoms with Crippen LogP contribution >= 0.6 is 0 Å². The van der Waals surface area contributed by atoms with Gasteiger partial charge in [-0.25, -0.2) is 13.8 Å². The maximum atomic E-state index is 14.1. The highest BCUT2D eigenvalue weighted by atomic mass is 19.1. The summed E-state index contributed by atoms with van der Waals surface area (Å²) < 4.78 is 27.7. The predicted molar refractivity (Wildman–Crippen MR) is 116 cm³/mol. The summed E-state index contributed by atoms with van der Waals surface area (Å²) in [7, 11) is 0. The van der Waals surface area contributed by atoms with E-state index < -0.39 is 11.6 Å². The Hall–Kier alpha value is -3.65. The van der Waals surface area contributed by atoms with E-state index in [0.29, 0.717) is 11.5 Å². The number of aromatic nitrogens is 5. The van der Waals surface area contributed by atoms with Crippen molar-refractivity contribution in [1.29, 1.82) is 0 Å². The van der Waals surface area contributed by atoms with E-state index in [1.165, 1.54) is 6.07 Å². The van der Waals surface area contributed by atoms with Crippen LogP contribution < -0.4 is 5.32 Å². The Bertz CT molecular complexity index is 1420. The van der Waals surface area contributed by atoms with Crippen molar-refractivity contribution in [2.75, 3.05) is 6.54 Å². The molecule has 0 spiro atoms. The second kappa shape index (κ2) is 7.55. The molecular weight excluding hydrogens is 398 g/mol. The first kappa shape index (κ1) is 19.3. The number of halogens is 2. The lowest BCUT2D eigenvalue weighted by Crippen LogP contribution is -2.14. The lowest BCUT2D eigenvalue weighted by Gasteiger charge is -2.12. The molecule has 0 unspecified atom stereocenters. The Labute approximate surface area is 176 Å². The maximum absolute atomic E-state index is 14.1. The van der Waals surface area contributed by atoms with Gasteiger partial charge in [0.25, 0.3) is 0 Å². The Morgan fingerprint density at radius 3 is 2.74 bits per heavy atom. The largest absolute Gasteiger partial charge is 0.336 e. The Balaban J connectivity index is 1.65. The first-order valence-electron chi connectivity index (χ1n) is 10.0. The van der Waals surface area contributed by atoms with Crippen LogP contribution in [0.5, 0.6) is 0 Å². The lowest BCUT2D eigenvalue weighted by molar-refractivity contribution is 0.590. The van der Waals surface area contributed by atoms with Crippen molar-refractivity contribution < 1.29 is 8.78 Å². The van der Waals surface area contributed by atoms with E-state index in [1.807, 2.05) is 24.3 Å². The average Bonchev–Trinajstić information content (AvgIpc) is 3.36. The topological polar surface area (TPSA) is 82.3 Å². The first-order chi connectivity index (χ1) is 15.0. The number of fused-ring (bicyclic) bond motifs is 2. The standard InChI is InChI=1S/C23H20F2N6/c1-3-26-11-16-12(2)6-7-27-20(16)13-4-5-18-15(8-13)21(31-30-18)23-28-19-10-14(24)9-17(25)22(19)29-23/h4-10,26H,3,11H2,1-2H3,(H,28,29)(H,30,31). The van der Waals surface area contributed by atoms with Gasteiger partial charge in [0.05, 0.1) is 16.7 Å². The van der Waals surface area contributed by atoms with Crippen LogP contribution in [0.2, 0.25) is 0 Å². The average molecular weight is 418 g/mol. The second-order valence-corrected chi connectivity index (χ2v) is 7.44. The van der Waals surface area contributed by atoms with Gasteiger partial charge in [0, 0.05) is 29.8 Å². The van der Waals surface area contributed by atoms with Crippen molar-refractivity contribution in [2.45, 2.75) is 20.4 Å². The summed E-state index contributed by atoms with van der Waals surface area (Å²) in [5, 5.41) is 11.5. The van der Waals surface area contributed by atoms with Crippen molar-refractivity contribution in [2.24, 2.45) is 0 Å². The van der Waals surface area contributed by atoms with Gasteiger partial charge in [0.15, 0.2) is 11.6 Å². The summed E-state index contributed by atoms with van der Waals surface area (Å²) >= 11 is 0. The molecule has 6 nitrogen and oxygen atoms in total. The molecule has 0 fully saturated rings. The molecule has 3 N–H and O–H groups in total. The number of nitrogens with one attached hydrogen (secondary N) is 3. The molecule has 0 aliphatic rings. The smallest absolute Gasteiger partial charge is 0.159 e. The molecule has 0 aliphatic heterocycles. The van der Waals surface area contributed by atoms with E-state index in [1.54, 1.807) is 6.20 Å². The fourth-order valence-corrected chi connectivity index (χ4v) is 3.81. The normalized spacial score (nSPS) is 11.6. The molecule has 8 heteroatoms. The van der Waals surface area contributed by atoms with Crippen LogP contribution in [0.1, 0.15) is 18.1 Å². The highest BCUT2D eigenvalue weighted by Gasteiger charge is 2.17. The van der Waals surface area contributed by atoms with Gasteiger partial charge >= 0.3 is 0 Å². The highest BCUT2D eigenvalue weighted by Crippen LogP contribution is 2.32. The molecule has 0 saturated carbocycles. The predicted octanol–water partition coefficient (Wildman–Crippen LogP) is 4.86. The molecule has 156 valence electrons. The van der Waals surface area contributed by atoms with Crippen LogP contribution in [0.15, 0.2) is 42.6 Å². The number of aryl methyl sites for hydroxylation is 1. The van der Waals surface area contributed by atoms with Crippen molar-refractivity contribution in [3.05, 3.63) is 65.4 Å². The van der Waals surface area contributed by atoms with Crippen molar-refractivity contribution in [1.82, 2.24) is 30.5 Å². The van der Waals surface area contributed by atoms with Gasteiger partial charge in [0.1, 0.15) is 17.0 Å². The van der Waals surface area contributed by atoms with Crippen LogP contribution in [0, 0.1) is 18.6 Å². The first-order valence-corrected chi connectivity index (χ1v) is 10.0. The number of hydrogen-bond acceptors (Lipinski definition) is 4. The molecule has 0 saturated heterocycles. The number of imidazole rings is 1. The third-order valence-electron chi connectivity index (χ3n) is 5.41. The Morgan fingerprint density at radius 2 is 1.90 bits per heavy atom. The Kier molecular flexibility index (Phi) is 4.71. The van der Waals surface area contributed by atoms with E-state index in [9.17, 15) is 8.78 Å². The SMILES string of the molecule is CCNCc1c(C)ccnc1-c1ccc2[nH]nc(-c3nc4c(F)cc(F)cc4[nH]3)c2c1. The van der Waals surface area contributed by atoms with Crippen LogP contribution in [0.25, 0.3) is 44.7 Å². The van der Waals surface area contributed by atoms with Gasteiger partial charge in [0.2, 0.25) is 0 Å². The van der Waals surface area contributed by atoms with Gasteiger partial charge in [-0.3, -0.25) is 10.1 Å². The monoisotopic (exact) mass is 418 g/mol. The van der Waals surface area contributed by atoms with Gasteiger partial charge in [-0.2, -0.15) is 5.10 Å². The molecule has 2 aromatic carbocycles. The summed E-state index contributed by atoms with van der Waals surface area (Å²) in [6.07, 6.45) is 1.80. The number of rotatable bonds is 5. The van der Waals surface area contributed by atoms with Gasteiger partial charge in [-0.15, -0.1) is 0 Å². The molecule has 0 aliphatic carbocycles. The molecule has 0 atom stereocenters. The maximum Gasteiger partial charge on any atom is 0.159 e. The van der Waals surface area contributed by atoms with Crippen molar-refractivity contribution in [3.63, 3.8) is 0 Å². The summed E-state index contributed by atoms with van der Waals surface area (Å²) in [6.45, 7) is 5.72. The minimum absolute atomic E-state index is 0.0805. The number of H-pyrrole nitrogens is 2. The zero-order chi connectivity index (χ0) is 21.5. The molecular formula is C23H20F2N6. The Morgan fingerprint density at radius 1 is 1.03 bits per heavy atom. The molecule has 3 aromatic heterocycles. The zero-order valence-corrected chi connectivity index (χ0v) is 17.1. The minimum Gasteiger partial charge on any atom is -0.336 e. The van der Waals surface area contributed by atoms with Crippen LogP contribution in [0.3, 0.4) is 0 Å². The zero-order valence-electron chi connectivity index (χ0n) is 17.1. The number of hydrogen-bond donors (Lipinski definition) is 3. The van der Waals surface area contributed by atoms with Gasteiger partial charge in [-0.1, -0.05) is 13.0 Å². The molecule has 5 aromatic rings. The summed E-state index contributed by atoms with van der Waals surface area (Å²) in [5.41, 5.74) is 5.85. The third kappa shape index (κ3) is 3.34. The number of benzene rings is 2.